The molecule has 1 saturated heterocycles. The van der Waals surface area contributed by atoms with Crippen molar-refractivity contribution in [2.45, 2.75) is 137 Å². The van der Waals surface area contributed by atoms with Gasteiger partial charge in [-0.2, -0.15) is 9.78 Å². The number of rotatable bonds is 17. The summed E-state index contributed by atoms with van der Waals surface area (Å²) in [4.78, 5) is 41.0. The fraction of sp³-hybridized carbons (Fsp3) is 0.917. The quantitative estimate of drug-likeness (QED) is 0.105. The summed E-state index contributed by atoms with van der Waals surface area (Å²) in [5, 5.41) is 0. The van der Waals surface area contributed by atoms with Gasteiger partial charge in [-0.15, -0.1) is 0 Å². The van der Waals surface area contributed by atoms with Gasteiger partial charge in [-0.05, 0) is 12.8 Å². The monoisotopic (exact) mass is 430 g/mol. The standard InChI is InChI=1S/C20H38O4.C4H8O2/c1-3-5-7-9-11-13-15-17-19(21)23-24-20(22)18-16-14-12-10-8-6-4-2;1-3(2)4-5-6-4/h3-18H2,1-2H3;3-4H,1-2H3. The minimum atomic E-state index is -0.434. The van der Waals surface area contributed by atoms with Crippen LogP contribution in [0.2, 0.25) is 0 Å². The normalized spacial score (nSPS) is 13.0. The number of carbonyl (C=O) groups excluding carboxylic acids is 2. The first-order valence-electron chi connectivity index (χ1n) is 12.2. The Balaban J connectivity index is 0.00000118. The minimum absolute atomic E-state index is 0.102. The molecule has 6 nitrogen and oxygen atoms in total. The number of carbonyl (C=O) groups is 2. The van der Waals surface area contributed by atoms with Gasteiger partial charge in [0.25, 0.3) is 0 Å². The molecule has 0 saturated carbocycles. The van der Waals surface area contributed by atoms with Crippen molar-refractivity contribution in [3.8, 4) is 0 Å². The van der Waals surface area contributed by atoms with Gasteiger partial charge in [0.1, 0.15) is 0 Å². The van der Waals surface area contributed by atoms with Crippen molar-refractivity contribution in [3.05, 3.63) is 0 Å². The maximum Gasteiger partial charge on any atom is 0.355 e. The van der Waals surface area contributed by atoms with Crippen molar-refractivity contribution >= 4 is 11.9 Å². The molecule has 1 rings (SSSR count). The van der Waals surface area contributed by atoms with Gasteiger partial charge in [0.2, 0.25) is 6.29 Å². The molecule has 1 aliphatic heterocycles. The SMILES string of the molecule is CC(C)C1OO1.CCCCCCCCCC(=O)OOC(=O)CCCCCCCCC. The molecule has 0 spiro atoms. The molecule has 178 valence electrons. The zero-order chi connectivity index (χ0) is 22.5. The Morgan fingerprint density at radius 2 is 0.967 bits per heavy atom. The summed E-state index contributed by atoms with van der Waals surface area (Å²) >= 11 is 0. The van der Waals surface area contributed by atoms with Gasteiger partial charge in [-0.1, -0.05) is 105 Å². The highest BCUT2D eigenvalue weighted by Gasteiger charge is 2.28. The van der Waals surface area contributed by atoms with Crippen molar-refractivity contribution in [2.24, 2.45) is 5.92 Å². The van der Waals surface area contributed by atoms with Gasteiger partial charge in [0.15, 0.2) is 0 Å². The van der Waals surface area contributed by atoms with E-state index in [1.165, 1.54) is 51.4 Å². The molecular weight excluding hydrogens is 384 g/mol. The predicted octanol–water partition coefficient (Wildman–Crippen LogP) is 7.20. The second-order valence-electron chi connectivity index (χ2n) is 8.46. The molecule has 30 heavy (non-hydrogen) atoms. The van der Waals surface area contributed by atoms with E-state index in [0.717, 1.165) is 38.5 Å². The molecular formula is C24H46O6. The van der Waals surface area contributed by atoms with E-state index in [2.05, 4.69) is 47.2 Å². The third-order valence-electron chi connectivity index (χ3n) is 4.95. The maximum atomic E-state index is 11.5. The molecule has 1 heterocycles. The Morgan fingerprint density at radius 1 is 0.633 bits per heavy atom. The largest absolute Gasteiger partial charge is 0.355 e. The molecule has 0 aromatic rings. The van der Waals surface area contributed by atoms with Crippen molar-refractivity contribution in [1.29, 1.82) is 0 Å². The molecule has 0 atom stereocenters. The van der Waals surface area contributed by atoms with Crippen LogP contribution >= 0.6 is 0 Å². The summed E-state index contributed by atoms with van der Waals surface area (Å²) in [6.45, 7) is 8.51. The van der Waals surface area contributed by atoms with Crippen LogP contribution in [0.3, 0.4) is 0 Å². The van der Waals surface area contributed by atoms with Crippen molar-refractivity contribution in [3.63, 3.8) is 0 Å². The van der Waals surface area contributed by atoms with Crippen LogP contribution in [0.5, 0.6) is 0 Å². The molecule has 0 aromatic carbocycles. The van der Waals surface area contributed by atoms with Gasteiger partial charge in [0, 0.05) is 5.92 Å². The fourth-order valence-electron chi connectivity index (χ4n) is 2.88. The zero-order valence-electron chi connectivity index (χ0n) is 19.9. The summed E-state index contributed by atoms with van der Waals surface area (Å²) in [7, 11) is 0. The molecule has 0 radical (unpaired) electrons. The third-order valence-corrected chi connectivity index (χ3v) is 4.95. The fourth-order valence-corrected chi connectivity index (χ4v) is 2.88. The summed E-state index contributed by atoms with van der Waals surface area (Å²) in [5.74, 6) is -0.349. The van der Waals surface area contributed by atoms with Crippen LogP contribution in [-0.2, 0) is 29.1 Å². The van der Waals surface area contributed by atoms with E-state index in [9.17, 15) is 9.59 Å². The van der Waals surface area contributed by atoms with E-state index in [1.54, 1.807) is 0 Å². The Bertz CT molecular complexity index is 377. The first-order chi connectivity index (χ1) is 14.5. The van der Waals surface area contributed by atoms with Crippen LogP contribution in [-0.4, -0.2) is 18.2 Å². The van der Waals surface area contributed by atoms with E-state index in [4.69, 9.17) is 0 Å². The van der Waals surface area contributed by atoms with Gasteiger partial charge in [-0.25, -0.2) is 19.4 Å². The second-order valence-corrected chi connectivity index (χ2v) is 8.46. The lowest BCUT2D eigenvalue weighted by molar-refractivity contribution is -0.259. The molecule has 6 heteroatoms. The van der Waals surface area contributed by atoms with E-state index in [-0.39, 0.29) is 6.29 Å². The Labute approximate surface area is 184 Å². The van der Waals surface area contributed by atoms with Crippen molar-refractivity contribution in [2.75, 3.05) is 0 Å². The molecule has 1 aliphatic rings. The van der Waals surface area contributed by atoms with E-state index in [1.807, 2.05) is 0 Å². The maximum absolute atomic E-state index is 11.5. The minimum Gasteiger partial charge on any atom is -0.247 e. The Hall–Kier alpha value is -1.14. The lowest BCUT2D eigenvalue weighted by Gasteiger charge is -2.04. The molecule has 0 amide bonds. The molecule has 0 aromatic heterocycles. The Kier molecular flexibility index (Phi) is 20.3. The number of hydrogen-bond donors (Lipinski definition) is 0. The van der Waals surface area contributed by atoms with Crippen molar-refractivity contribution < 1.29 is 29.1 Å². The molecule has 0 aliphatic carbocycles. The average Bonchev–Trinajstić information content (AvgIpc) is 3.57. The molecule has 1 fully saturated rings. The summed E-state index contributed by atoms with van der Waals surface area (Å²) < 4.78 is 0. The van der Waals surface area contributed by atoms with Crippen molar-refractivity contribution in [1.82, 2.24) is 0 Å². The Morgan fingerprint density at radius 3 is 1.23 bits per heavy atom. The first-order valence-corrected chi connectivity index (χ1v) is 12.2. The summed E-state index contributed by atoms with van der Waals surface area (Å²) in [6, 6.07) is 0. The van der Waals surface area contributed by atoms with Crippen LogP contribution in [0.4, 0.5) is 0 Å². The van der Waals surface area contributed by atoms with Gasteiger partial charge in [0.05, 0.1) is 12.8 Å². The summed E-state index contributed by atoms with van der Waals surface area (Å²) in [5.41, 5.74) is 0. The highest BCUT2D eigenvalue weighted by atomic mass is 17.4. The highest BCUT2D eigenvalue weighted by Crippen LogP contribution is 2.20. The van der Waals surface area contributed by atoms with Crippen LogP contribution in [0.15, 0.2) is 0 Å². The van der Waals surface area contributed by atoms with Crippen LogP contribution in [0.1, 0.15) is 130 Å². The lowest BCUT2D eigenvalue weighted by Crippen LogP contribution is -2.11. The smallest absolute Gasteiger partial charge is 0.247 e. The zero-order valence-corrected chi connectivity index (χ0v) is 19.9. The predicted molar refractivity (Wildman–Crippen MR) is 118 cm³/mol. The van der Waals surface area contributed by atoms with Crippen LogP contribution in [0, 0.1) is 5.92 Å². The van der Waals surface area contributed by atoms with E-state index < -0.39 is 11.9 Å². The molecule has 0 unspecified atom stereocenters. The van der Waals surface area contributed by atoms with Gasteiger partial charge < -0.3 is 0 Å². The van der Waals surface area contributed by atoms with Crippen LogP contribution < -0.4 is 0 Å². The first kappa shape index (κ1) is 28.9. The summed E-state index contributed by atoms with van der Waals surface area (Å²) in [6.07, 6.45) is 16.8. The molecule has 0 N–H and O–H groups in total. The third kappa shape index (κ3) is 21.6. The van der Waals surface area contributed by atoms with Crippen LogP contribution in [0.25, 0.3) is 0 Å². The van der Waals surface area contributed by atoms with Gasteiger partial charge in [-0.3, -0.25) is 0 Å². The number of unbranched alkanes of at least 4 members (excludes halogenated alkanes) is 12. The number of hydrogen-bond acceptors (Lipinski definition) is 6. The van der Waals surface area contributed by atoms with E-state index in [0.29, 0.717) is 18.8 Å². The molecule has 0 bridgehead atoms. The van der Waals surface area contributed by atoms with E-state index >= 15 is 0 Å². The second kappa shape index (κ2) is 21.1. The average molecular weight is 431 g/mol. The highest BCUT2D eigenvalue weighted by molar-refractivity contribution is 5.72. The van der Waals surface area contributed by atoms with Gasteiger partial charge >= 0.3 is 11.9 Å². The topological polar surface area (TPSA) is 77.7 Å². The lowest BCUT2D eigenvalue weighted by atomic mass is 10.1.